The molecule has 1 aromatic rings. The lowest BCUT2D eigenvalue weighted by Gasteiger charge is -2.25. The molecule has 6 nitrogen and oxygen atoms in total. The predicted molar refractivity (Wildman–Crippen MR) is 86.9 cm³/mol. The van der Waals surface area contributed by atoms with Crippen LogP contribution in [0.15, 0.2) is 24.3 Å². The Hall–Kier alpha value is -1.79. The van der Waals surface area contributed by atoms with E-state index in [0.29, 0.717) is 26.3 Å². The number of benzene rings is 1. The summed E-state index contributed by atoms with van der Waals surface area (Å²) < 4.78 is 11.3. The van der Waals surface area contributed by atoms with Gasteiger partial charge in [0.2, 0.25) is 0 Å². The van der Waals surface area contributed by atoms with Crippen molar-refractivity contribution in [1.82, 2.24) is 4.90 Å². The predicted octanol–water partition coefficient (Wildman–Crippen LogP) is 2.18. The molecular weight excluding hydrogens is 296 g/mol. The average molecular weight is 320 g/mol. The number of amides is 1. The summed E-state index contributed by atoms with van der Waals surface area (Å²) in [5.74, 6) is -0.508. The highest BCUT2D eigenvalue weighted by Gasteiger charge is 2.31. The summed E-state index contributed by atoms with van der Waals surface area (Å²) in [7, 11) is 0. The van der Waals surface area contributed by atoms with Crippen LogP contribution in [-0.2, 0) is 15.9 Å². The molecule has 6 heteroatoms. The Morgan fingerprint density at radius 3 is 2.48 bits per heavy atom. The molecule has 1 amide bonds. The van der Waals surface area contributed by atoms with E-state index in [0.717, 1.165) is 31.6 Å². The molecule has 2 fully saturated rings. The number of carbonyl (C=O) groups is 1. The molecule has 0 aromatic heterocycles. The number of hydrogen-bond acceptors (Lipinski definition) is 4. The van der Waals surface area contributed by atoms with E-state index in [9.17, 15) is 4.79 Å². The fraction of sp³-hybridized carbons (Fsp3) is 0.588. The van der Waals surface area contributed by atoms with E-state index in [1.807, 2.05) is 6.92 Å². The van der Waals surface area contributed by atoms with E-state index in [1.54, 1.807) is 0 Å². The van der Waals surface area contributed by atoms with Gasteiger partial charge < -0.3 is 24.4 Å². The molecule has 0 unspecified atom stereocenters. The zero-order valence-electron chi connectivity index (χ0n) is 13.5. The lowest BCUT2D eigenvalue weighted by Crippen LogP contribution is -2.34. The highest BCUT2D eigenvalue weighted by Crippen LogP contribution is 2.25. The first kappa shape index (κ1) is 16.1. The molecule has 126 valence electrons. The van der Waals surface area contributed by atoms with Crippen LogP contribution in [0.2, 0.25) is 0 Å². The minimum Gasteiger partial charge on any atom is -0.465 e. The average Bonchev–Trinajstić information content (AvgIpc) is 2.81. The number of nitrogens with zero attached hydrogens (tertiary/aromatic N) is 2. The van der Waals surface area contributed by atoms with Gasteiger partial charge in [-0.15, -0.1) is 0 Å². The highest BCUT2D eigenvalue weighted by atomic mass is 16.7. The van der Waals surface area contributed by atoms with Crippen molar-refractivity contribution in [3.05, 3.63) is 29.8 Å². The topological polar surface area (TPSA) is 62.2 Å². The van der Waals surface area contributed by atoms with Gasteiger partial charge >= 0.3 is 6.09 Å². The molecular formula is C17H24N2O4. The minimum absolute atomic E-state index is 0.508. The maximum atomic E-state index is 11.1. The van der Waals surface area contributed by atoms with Crippen LogP contribution in [0, 0.1) is 0 Å². The molecule has 1 N–H and O–H groups in total. The Morgan fingerprint density at radius 1 is 1.13 bits per heavy atom. The first-order valence-electron chi connectivity index (χ1n) is 8.15. The molecule has 2 saturated heterocycles. The molecule has 0 atom stereocenters. The van der Waals surface area contributed by atoms with E-state index in [2.05, 4.69) is 29.2 Å². The van der Waals surface area contributed by atoms with E-state index < -0.39 is 11.9 Å². The number of anilines is 1. The van der Waals surface area contributed by atoms with Crippen LogP contribution in [0.5, 0.6) is 0 Å². The summed E-state index contributed by atoms with van der Waals surface area (Å²) in [6.07, 6.45) is 0.764. The second-order valence-electron chi connectivity index (χ2n) is 6.28. The monoisotopic (exact) mass is 320 g/mol. The van der Waals surface area contributed by atoms with E-state index in [1.165, 1.54) is 10.5 Å². The van der Waals surface area contributed by atoms with Crippen LogP contribution >= 0.6 is 0 Å². The minimum atomic E-state index is -0.827. The van der Waals surface area contributed by atoms with Crippen molar-refractivity contribution < 1.29 is 19.4 Å². The van der Waals surface area contributed by atoms with Gasteiger partial charge in [-0.2, -0.15) is 0 Å². The van der Waals surface area contributed by atoms with Gasteiger partial charge in [0.25, 0.3) is 0 Å². The van der Waals surface area contributed by atoms with Crippen molar-refractivity contribution in [2.45, 2.75) is 25.6 Å². The first-order chi connectivity index (χ1) is 11.1. The van der Waals surface area contributed by atoms with E-state index >= 15 is 0 Å². The Morgan fingerprint density at radius 2 is 1.83 bits per heavy atom. The van der Waals surface area contributed by atoms with Crippen LogP contribution in [0.1, 0.15) is 18.9 Å². The van der Waals surface area contributed by atoms with Crippen molar-refractivity contribution in [2.24, 2.45) is 0 Å². The van der Waals surface area contributed by atoms with Crippen LogP contribution in [0.25, 0.3) is 0 Å². The molecule has 0 aliphatic carbocycles. The van der Waals surface area contributed by atoms with Crippen molar-refractivity contribution in [2.75, 3.05) is 44.3 Å². The fourth-order valence-corrected chi connectivity index (χ4v) is 3.22. The summed E-state index contributed by atoms with van der Waals surface area (Å²) in [6, 6.07) is 8.41. The molecule has 23 heavy (non-hydrogen) atoms. The van der Waals surface area contributed by atoms with Gasteiger partial charge in [-0.05, 0) is 31.0 Å². The number of carboxylic acid groups (broad SMARTS) is 1. The lowest BCUT2D eigenvalue weighted by molar-refractivity contribution is -0.140. The van der Waals surface area contributed by atoms with Gasteiger partial charge in [0.05, 0.1) is 13.2 Å². The van der Waals surface area contributed by atoms with E-state index in [-0.39, 0.29) is 0 Å². The van der Waals surface area contributed by atoms with Gasteiger partial charge in [-0.1, -0.05) is 12.1 Å². The number of ether oxygens (including phenoxy) is 2. The van der Waals surface area contributed by atoms with Gasteiger partial charge in [0, 0.05) is 38.3 Å². The maximum Gasteiger partial charge on any atom is 0.407 e. The van der Waals surface area contributed by atoms with Crippen molar-refractivity contribution in [1.29, 1.82) is 0 Å². The van der Waals surface area contributed by atoms with E-state index in [4.69, 9.17) is 14.6 Å². The standard InChI is InChI=1S/C17H24N2O4/c1-17(22-11-12-23-17)13-14-3-5-15(6-4-14)18-7-2-8-19(10-9-18)16(20)21/h3-6H,2,7-13H2,1H3,(H,20,21). The normalized spacial score (nSPS) is 21.3. The Kier molecular flexibility index (Phi) is 4.73. The molecule has 0 spiro atoms. The van der Waals surface area contributed by atoms with Crippen LogP contribution in [0.4, 0.5) is 10.5 Å². The Labute approximate surface area is 136 Å². The molecule has 2 aliphatic heterocycles. The fourth-order valence-electron chi connectivity index (χ4n) is 3.22. The van der Waals surface area contributed by atoms with Crippen molar-refractivity contribution >= 4 is 11.8 Å². The third kappa shape index (κ3) is 3.95. The maximum absolute atomic E-state index is 11.1. The molecule has 2 aliphatic rings. The van der Waals surface area contributed by atoms with Gasteiger partial charge in [-0.25, -0.2) is 4.79 Å². The number of rotatable bonds is 3. The second-order valence-corrected chi connectivity index (χ2v) is 6.28. The first-order valence-corrected chi connectivity index (χ1v) is 8.15. The quantitative estimate of drug-likeness (QED) is 0.925. The zero-order valence-corrected chi connectivity index (χ0v) is 13.5. The van der Waals surface area contributed by atoms with Crippen LogP contribution < -0.4 is 4.90 Å². The van der Waals surface area contributed by atoms with Crippen LogP contribution in [-0.4, -0.2) is 61.3 Å². The molecule has 3 rings (SSSR count). The lowest BCUT2D eigenvalue weighted by atomic mass is 10.1. The van der Waals surface area contributed by atoms with Crippen LogP contribution in [0.3, 0.4) is 0 Å². The van der Waals surface area contributed by atoms with Gasteiger partial charge in [0.15, 0.2) is 5.79 Å². The van der Waals surface area contributed by atoms with Crippen molar-refractivity contribution in [3.63, 3.8) is 0 Å². The summed E-state index contributed by atoms with van der Waals surface area (Å²) in [5, 5.41) is 9.10. The Bertz CT molecular complexity index is 540. The highest BCUT2D eigenvalue weighted by molar-refractivity contribution is 5.65. The van der Waals surface area contributed by atoms with Crippen molar-refractivity contribution in [3.8, 4) is 0 Å². The summed E-state index contributed by atoms with van der Waals surface area (Å²) >= 11 is 0. The molecule has 0 bridgehead atoms. The molecule has 1 aromatic carbocycles. The number of hydrogen-bond donors (Lipinski definition) is 1. The third-order valence-electron chi connectivity index (χ3n) is 4.49. The van der Waals surface area contributed by atoms with Gasteiger partial charge in [-0.3, -0.25) is 0 Å². The third-order valence-corrected chi connectivity index (χ3v) is 4.49. The molecule has 0 radical (unpaired) electrons. The summed E-state index contributed by atoms with van der Waals surface area (Å²) in [4.78, 5) is 14.8. The molecule has 2 heterocycles. The largest absolute Gasteiger partial charge is 0.465 e. The SMILES string of the molecule is CC1(Cc2ccc(N3CCCN(C(=O)O)CC3)cc2)OCCO1. The smallest absolute Gasteiger partial charge is 0.407 e. The zero-order chi connectivity index (χ0) is 16.3. The molecule has 0 saturated carbocycles. The Balaban J connectivity index is 1.61. The second kappa shape index (κ2) is 6.76. The van der Waals surface area contributed by atoms with Gasteiger partial charge in [0.1, 0.15) is 0 Å². The summed E-state index contributed by atoms with van der Waals surface area (Å²) in [5.41, 5.74) is 2.32. The summed E-state index contributed by atoms with van der Waals surface area (Å²) in [6.45, 7) is 6.06.